The Morgan fingerprint density at radius 1 is 1.22 bits per heavy atom. The smallest absolute Gasteiger partial charge is 0.408 e. The van der Waals surface area contributed by atoms with Crippen molar-refractivity contribution in [1.82, 2.24) is 5.32 Å². The molecular formula is C16H27NO6. The fourth-order valence-corrected chi connectivity index (χ4v) is 3.09. The molecule has 0 spiro atoms. The van der Waals surface area contributed by atoms with Crippen LogP contribution in [0.4, 0.5) is 4.79 Å². The average molecular weight is 329 g/mol. The molecule has 0 radical (unpaired) electrons. The maximum absolute atomic E-state index is 12.0. The summed E-state index contributed by atoms with van der Waals surface area (Å²) < 4.78 is 5.46. The topological polar surface area (TPSA) is 113 Å². The lowest BCUT2D eigenvalue weighted by atomic mass is 9.75. The second-order valence-corrected chi connectivity index (χ2v) is 6.74. The van der Waals surface area contributed by atoms with Crippen molar-refractivity contribution < 1.29 is 29.3 Å². The van der Waals surface area contributed by atoms with Gasteiger partial charge in [0.15, 0.2) is 0 Å². The van der Waals surface area contributed by atoms with E-state index in [-0.39, 0.29) is 24.9 Å². The highest BCUT2D eigenvalue weighted by molar-refractivity contribution is 5.80. The van der Waals surface area contributed by atoms with E-state index in [2.05, 4.69) is 26.1 Å². The van der Waals surface area contributed by atoms with Gasteiger partial charge in [-0.15, -0.1) is 0 Å². The first kappa shape index (κ1) is 19.3. The third kappa shape index (κ3) is 6.46. The van der Waals surface area contributed by atoms with Crippen LogP contribution in [0.15, 0.2) is 0 Å². The summed E-state index contributed by atoms with van der Waals surface area (Å²) >= 11 is 0. The Bertz CT molecular complexity index is 436. The number of carbonyl (C=O) groups is 3. The molecule has 0 saturated heterocycles. The zero-order valence-electron chi connectivity index (χ0n) is 13.9. The van der Waals surface area contributed by atoms with Gasteiger partial charge in [0.2, 0.25) is 0 Å². The molecule has 0 aromatic heterocycles. The Morgan fingerprint density at radius 3 is 2.39 bits per heavy atom. The SMILES string of the molecule is CC1CCC(C(C)C)[C@@H](OC(=O)NC(CCC(=O)O)C(=O)O)C1. The minimum absolute atomic E-state index is 0.172. The first-order valence-electron chi connectivity index (χ1n) is 8.12. The molecule has 1 amide bonds. The predicted octanol–water partition coefficient (Wildman–Crippen LogP) is 2.49. The number of hydrogen-bond acceptors (Lipinski definition) is 4. The van der Waals surface area contributed by atoms with Gasteiger partial charge in [-0.1, -0.05) is 27.2 Å². The predicted molar refractivity (Wildman–Crippen MR) is 83.0 cm³/mol. The third-order valence-corrected chi connectivity index (χ3v) is 4.46. The van der Waals surface area contributed by atoms with E-state index >= 15 is 0 Å². The van der Waals surface area contributed by atoms with Crippen LogP contribution in [0, 0.1) is 17.8 Å². The lowest BCUT2D eigenvalue weighted by molar-refractivity contribution is -0.140. The largest absolute Gasteiger partial charge is 0.481 e. The molecule has 3 unspecified atom stereocenters. The summed E-state index contributed by atoms with van der Waals surface area (Å²) in [4.78, 5) is 33.6. The zero-order chi connectivity index (χ0) is 17.6. The molecule has 0 aromatic carbocycles. The highest BCUT2D eigenvalue weighted by Gasteiger charge is 2.34. The number of carbonyl (C=O) groups excluding carboxylic acids is 1. The molecule has 1 saturated carbocycles. The highest BCUT2D eigenvalue weighted by atomic mass is 16.6. The summed E-state index contributed by atoms with van der Waals surface area (Å²) in [5, 5.41) is 20.0. The van der Waals surface area contributed by atoms with Crippen molar-refractivity contribution in [3.05, 3.63) is 0 Å². The summed E-state index contributed by atoms with van der Waals surface area (Å²) in [6, 6.07) is -1.25. The van der Waals surface area contributed by atoms with Gasteiger partial charge < -0.3 is 20.3 Å². The van der Waals surface area contributed by atoms with E-state index in [1.54, 1.807) is 0 Å². The summed E-state index contributed by atoms with van der Waals surface area (Å²) in [5.41, 5.74) is 0. The van der Waals surface area contributed by atoms with E-state index in [4.69, 9.17) is 14.9 Å². The molecule has 0 bridgehead atoms. The number of alkyl carbamates (subject to hydrolysis) is 1. The molecule has 0 heterocycles. The third-order valence-electron chi connectivity index (χ3n) is 4.46. The van der Waals surface area contributed by atoms with Crippen molar-refractivity contribution >= 4 is 18.0 Å². The van der Waals surface area contributed by atoms with Crippen LogP contribution < -0.4 is 5.32 Å². The van der Waals surface area contributed by atoms with Gasteiger partial charge in [-0.25, -0.2) is 9.59 Å². The Morgan fingerprint density at radius 2 is 1.87 bits per heavy atom. The van der Waals surface area contributed by atoms with Crippen LogP contribution >= 0.6 is 0 Å². The fourth-order valence-electron chi connectivity index (χ4n) is 3.09. The molecule has 0 aromatic rings. The first-order valence-corrected chi connectivity index (χ1v) is 8.12. The van der Waals surface area contributed by atoms with Gasteiger partial charge in [0.05, 0.1) is 0 Å². The first-order chi connectivity index (χ1) is 10.7. The molecule has 7 nitrogen and oxygen atoms in total. The van der Waals surface area contributed by atoms with Crippen LogP contribution in [0.1, 0.15) is 52.9 Å². The molecule has 7 heteroatoms. The van der Waals surface area contributed by atoms with E-state index in [0.717, 1.165) is 19.3 Å². The maximum atomic E-state index is 12.0. The number of carboxylic acids is 2. The molecule has 3 N–H and O–H groups in total. The normalized spacial score (nSPS) is 25.7. The van der Waals surface area contributed by atoms with Crippen molar-refractivity contribution in [1.29, 1.82) is 0 Å². The van der Waals surface area contributed by atoms with Gasteiger partial charge in [-0.05, 0) is 37.0 Å². The standard InChI is InChI=1S/C16H27NO6/c1-9(2)11-5-4-10(3)8-13(11)23-16(22)17-12(15(20)21)6-7-14(18)19/h9-13H,4-8H2,1-3H3,(H,17,22)(H,18,19)(H,20,21)/t10?,11?,12?,13-/m0/s1. The van der Waals surface area contributed by atoms with E-state index in [0.29, 0.717) is 11.8 Å². The van der Waals surface area contributed by atoms with Gasteiger partial charge in [-0.2, -0.15) is 0 Å². The van der Waals surface area contributed by atoms with Gasteiger partial charge in [0, 0.05) is 6.42 Å². The summed E-state index contributed by atoms with van der Waals surface area (Å²) in [5.74, 6) is -1.26. The van der Waals surface area contributed by atoms with Crippen LogP contribution in [0.25, 0.3) is 0 Å². The molecule has 1 aliphatic carbocycles. The van der Waals surface area contributed by atoms with Gasteiger partial charge in [0.25, 0.3) is 0 Å². The van der Waals surface area contributed by atoms with Gasteiger partial charge in [-0.3, -0.25) is 4.79 Å². The summed E-state index contributed by atoms with van der Waals surface area (Å²) in [6.07, 6.45) is 1.34. The number of ether oxygens (including phenoxy) is 1. The van der Waals surface area contributed by atoms with Crippen molar-refractivity contribution in [3.8, 4) is 0 Å². The lowest BCUT2D eigenvalue weighted by Gasteiger charge is -2.36. The Kier molecular flexibility index (Phi) is 7.32. The molecule has 1 fully saturated rings. The quantitative estimate of drug-likeness (QED) is 0.661. The van der Waals surface area contributed by atoms with Gasteiger partial charge in [0.1, 0.15) is 12.1 Å². The zero-order valence-corrected chi connectivity index (χ0v) is 13.9. The lowest BCUT2D eigenvalue weighted by Crippen LogP contribution is -2.45. The van der Waals surface area contributed by atoms with Crippen LogP contribution in [0.2, 0.25) is 0 Å². The van der Waals surface area contributed by atoms with Crippen molar-refractivity contribution in [3.63, 3.8) is 0 Å². The van der Waals surface area contributed by atoms with Crippen molar-refractivity contribution in [2.24, 2.45) is 17.8 Å². The second kappa shape index (κ2) is 8.74. The monoisotopic (exact) mass is 329 g/mol. The molecule has 23 heavy (non-hydrogen) atoms. The Balaban J connectivity index is 2.60. The van der Waals surface area contributed by atoms with Crippen LogP contribution in [0.3, 0.4) is 0 Å². The fraction of sp³-hybridized carbons (Fsp3) is 0.812. The average Bonchev–Trinajstić information content (AvgIpc) is 2.42. The summed E-state index contributed by atoms with van der Waals surface area (Å²) in [6.45, 7) is 6.28. The van der Waals surface area contributed by atoms with Crippen molar-refractivity contribution in [2.45, 2.75) is 65.0 Å². The number of rotatable bonds is 7. The second-order valence-electron chi connectivity index (χ2n) is 6.74. The van der Waals surface area contributed by atoms with E-state index in [1.165, 1.54) is 0 Å². The number of amides is 1. The molecule has 1 aliphatic rings. The highest BCUT2D eigenvalue weighted by Crippen LogP contribution is 2.35. The molecule has 1 rings (SSSR count). The Hall–Kier alpha value is -1.79. The molecule has 0 aliphatic heterocycles. The van der Waals surface area contributed by atoms with Crippen LogP contribution in [0.5, 0.6) is 0 Å². The minimum atomic E-state index is -1.26. The van der Waals surface area contributed by atoms with Crippen LogP contribution in [-0.4, -0.2) is 40.4 Å². The van der Waals surface area contributed by atoms with Crippen LogP contribution in [-0.2, 0) is 14.3 Å². The molecule has 132 valence electrons. The van der Waals surface area contributed by atoms with E-state index in [9.17, 15) is 14.4 Å². The van der Waals surface area contributed by atoms with Crippen molar-refractivity contribution in [2.75, 3.05) is 0 Å². The Labute approximate surface area is 136 Å². The number of aliphatic carboxylic acids is 2. The summed E-state index contributed by atoms with van der Waals surface area (Å²) in [7, 11) is 0. The van der Waals surface area contributed by atoms with Gasteiger partial charge >= 0.3 is 18.0 Å². The molecular weight excluding hydrogens is 302 g/mol. The number of nitrogens with one attached hydrogen (secondary N) is 1. The minimum Gasteiger partial charge on any atom is -0.481 e. The van der Waals surface area contributed by atoms with E-state index in [1.807, 2.05) is 0 Å². The molecule has 4 atom stereocenters. The maximum Gasteiger partial charge on any atom is 0.408 e. The van der Waals surface area contributed by atoms with E-state index < -0.39 is 24.1 Å². The number of hydrogen-bond donors (Lipinski definition) is 3. The number of carboxylic acid groups (broad SMARTS) is 2.